The molecule has 22 heavy (non-hydrogen) atoms. The maximum atomic E-state index is 10.6. The Bertz CT molecular complexity index is 654. The van der Waals surface area contributed by atoms with E-state index in [9.17, 15) is 9.59 Å². The topological polar surface area (TPSA) is 54.4 Å². The highest BCUT2D eigenvalue weighted by Crippen LogP contribution is 2.22. The van der Waals surface area contributed by atoms with Gasteiger partial charge in [-0.15, -0.1) is 0 Å². The third-order valence-electron chi connectivity index (χ3n) is 2.30. The van der Waals surface area contributed by atoms with Crippen LogP contribution in [0.1, 0.15) is 20.7 Å². The standard InChI is InChI=1S/C7H3Cl3O.C7H4Cl2O2/c2*8-4-1-2-5(7(10)11)6(9)3-4/h1-3H;1-3H,(H,10,11). The first-order chi connectivity index (χ1) is 10.2. The lowest BCUT2D eigenvalue weighted by Gasteiger charge is -1.96. The van der Waals surface area contributed by atoms with Crippen molar-refractivity contribution in [1.82, 2.24) is 0 Å². The van der Waals surface area contributed by atoms with Gasteiger partial charge in [-0.05, 0) is 48.0 Å². The molecule has 0 aliphatic rings. The minimum atomic E-state index is -1.05. The molecule has 1 N–H and O–H groups in total. The molecule has 0 aliphatic heterocycles. The summed E-state index contributed by atoms with van der Waals surface area (Å²) >= 11 is 27.5. The van der Waals surface area contributed by atoms with Crippen molar-refractivity contribution in [2.24, 2.45) is 0 Å². The fourth-order valence-electron chi connectivity index (χ4n) is 1.31. The lowest BCUT2D eigenvalue weighted by molar-refractivity contribution is 0.0697. The van der Waals surface area contributed by atoms with E-state index in [1.54, 1.807) is 6.07 Å². The Morgan fingerprint density at radius 2 is 1.18 bits per heavy atom. The Kier molecular flexibility index (Phi) is 7.46. The summed E-state index contributed by atoms with van der Waals surface area (Å²) in [6.45, 7) is 0. The molecule has 0 aromatic heterocycles. The van der Waals surface area contributed by atoms with E-state index >= 15 is 0 Å². The van der Waals surface area contributed by atoms with Crippen molar-refractivity contribution in [2.75, 3.05) is 0 Å². The summed E-state index contributed by atoms with van der Waals surface area (Å²) in [7, 11) is 0. The van der Waals surface area contributed by atoms with Crippen LogP contribution in [0, 0.1) is 0 Å². The summed E-state index contributed by atoms with van der Waals surface area (Å²) < 4.78 is 0. The number of carbonyl (C=O) groups is 2. The summed E-state index contributed by atoms with van der Waals surface area (Å²) in [5.74, 6) is -1.05. The zero-order valence-electron chi connectivity index (χ0n) is 10.6. The Hall–Kier alpha value is -0.970. The number of hydrogen-bond donors (Lipinski definition) is 1. The first-order valence-electron chi connectivity index (χ1n) is 5.55. The molecule has 0 amide bonds. The number of rotatable bonds is 2. The van der Waals surface area contributed by atoms with Crippen LogP contribution in [0.15, 0.2) is 36.4 Å². The minimum absolute atomic E-state index is 0.0658. The third-order valence-corrected chi connectivity index (χ3v) is 3.60. The van der Waals surface area contributed by atoms with E-state index in [1.807, 2.05) is 0 Å². The van der Waals surface area contributed by atoms with Crippen LogP contribution in [0.4, 0.5) is 0 Å². The van der Waals surface area contributed by atoms with Crippen LogP contribution in [0.3, 0.4) is 0 Å². The molecule has 0 saturated carbocycles. The van der Waals surface area contributed by atoms with E-state index in [4.69, 9.17) is 63.1 Å². The van der Waals surface area contributed by atoms with Crippen LogP contribution < -0.4 is 0 Å². The van der Waals surface area contributed by atoms with Gasteiger partial charge < -0.3 is 5.11 Å². The molecule has 8 heteroatoms. The number of carbonyl (C=O) groups excluding carboxylic acids is 1. The van der Waals surface area contributed by atoms with Gasteiger partial charge >= 0.3 is 5.97 Å². The monoisotopic (exact) mass is 398 g/mol. The van der Waals surface area contributed by atoms with Gasteiger partial charge in [-0.1, -0.05) is 46.4 Å². The highest BCUT2D eigenvalue weighted by atomic mass is 35.5. The summed E-state index contributed by atoms with van der Waals surface area (Å²) in [5.41, 5.74) is 0.341. The quantitative estimate of drug-likeness (QED) is 0.623. The smallest absolute Gasteiger partial charge is 0.337 e. The average Bonchev–Trinajstić information content (AvgIpc) is 2.38. The number of carboxylic acid groups (broad SMARTS) is 1. The molecule has 0 fully saturated rings. The predicted octanol–water partition coefficient (Wildman–Crippen LogP) is 6.06. The molecule has 3 nitrogen and oxygen atoms in total. The highest BCUT2D eigenvalue weighted by Gasteiger charge is 2.07. The van der Waals surface area contributed by atoms with Gasteiger partial charge in [-0.3, -0.25) is 4.79 Å². The van der Waals surface area contributed by atoms with E-state index in [2.05, 4.69) is 0 Å². The number of hydrogen-bond acceptors (Lipinski definition) is 2. The summed E-state index contributed by atoms with van der Waals surface area (Å²) in [6.07, 6.45) is 0. The van der Waals surface area contributed by atoms with Crippen molar-refractivity contribution in [3.63, 3.8) is 0 Å². The third kappa shape index (κ3) is 5.67. The van der Waals surface area contributed by atoms with Gasteiger partial charge in [0.1, 0.15) is 0 Å². The van der Waals surface area contributed by atoms with Gasteiger partial charge in [0.05, 0.1) is 21.2 Å². The van der Waals surface area contributed by atoms with Crippen molar-refractivity contribution in [3.05, 3.63) is 67.6 Å². The van der Waals surface area contributed by atoms with Crippen LogP contribution in [0.5, 0.6) is 0 Å². The Balaban J connectivity index is 0.000000220. The lowest BCUT2D eigenvalue weighted by atomic mass is 10.2. The second-order valence-corrected chi connectivity index (χ2v) is 5.86. The van der Waals surface area contributed by atoms with Crippen molar-refractivity contribution >= 4 is 69.2 Å². The van der Waals surface area contributed by atoms with Gasteiger partial charge in [-0.25, -0.2) is 4.79 Å². The maximum absolute atomic E-state index is 10.6. The molecule has 0 atom stereocenters. The van der Waals surface area contributed by atoms with E-state index in [-0.39, 0.29) is 21.2 Å². The number of halogens is 5. The number of benzene rings is 2. The molecular formula is C14H7Cl5O3. The molecule has 2 aromatic rings. The van der Waals surface area contributed by atoms with E-state index in [0.29, 0.717) is 10.0 Å². The van der Waals surface area contributed by atoms with Crippen LogP contribution >= 0.6 is 58.0 Å². The van der Waals surface area contributed by atoms with Gasteiger partial charge in [0.2, 0.25) is 0 Å². The van der Waals surface area contributed by atoms with Crippen LogP contribution in [0.2, 0.25) is 20.1 Å². The SMILES string of the molecule is O=C(Cl)c1ccc(Cl)cc1Cl.O=C(O)c1ccc(Cl)cc1Cl. The fourth-order valence-corrected chi connectivity index (χ4v) is 2.51. The molecule has 0 unspecified atom stereocenters. The normalized spacial score (nSPS) is 9.68. The van der Waals surface area contributed by atoms with Crippen molar-refractivity contribution in [2.45, 2.75) is 0 Å². The Morgan fingerprint density at radius 1 is 0.773 bits per heavy atom. The van der Waals surface area contributed by atoms with Crippen molar-refractivity contribution in [1.29, 1.82) is 0 Å². The molecule has 2 rings (SSSR count). The largest absolute Gasteiger partial charge is 0.478 e. The molecule has 0 heterocycles. The Labute approximate surface area is 151 Å². The predicted molar refractivity (Wildman–Crippen MR) is 90.1 cm³/mol. The first-order valence-corrected chi connectivity index (χ1v) is 7.44. The molecular weight excluding hydrogens is 393 g/mol. The fraction of sp³-hybridized carbons (Fsp3) is 0. The minimum Gasteiger partial charge on any atom is -0.478 e. The van der Waals surface area contributed by atoms with Gasteiger partial charge in [0.15, 0.2) is 0 Å². The summed E-state index contributed by atoms with van der Waals surface area (Å²) in [6, 6.07) is 8.76. The van der Waals surface area contributed by atoms with Crippen LogP contribution in [0.25, 0.3) is 0 Å². The van der Waals surface area contributed by atoms with Gasteiger partial charge in [-0.2, -0.15) is 0 Å². The van der Waals surface area contributed by atoms with Gasteiger partial charge in [0.25, 0.3) is 5.24 Å². The molecule has 0 radical (unpaired) electrons. The van der Waals surface area contributed by atoms with Crippen LogP contribution in [-0.2, 0) is 0 Å². The van der Waals surface area contributed by atoms with E-state index < -0.39 is 11.2 Å². The summed E-state index contributed by atoms with van der Waals surface area (Å²) in [5, 5.41) is 9.30. The number of carboxylic acids is 1. The van der Waals surface area contributed by atoms with Crippen LogP contribution in [-0.4, -0.2) is 16.3 Å². The summed E-state index contributed by atoms with van der Waals surface area (Å²) in [4.78, 5) is 21.0. The molecule has 0 aliphatic carbocycles. The second-order valence-electron chi connectivity index (χ2n) is 3.83. The van der Waals surface area contributed by atoms with Crippen molar-refractivity contribution < 1.29 is 14.7 Å². The molecule has 0 spiro atoms. The Morgan fingerprint density at radius 3 is 1.50 bits per heavy atom. The maximum Gasteiger partial charge on any atom is 0.337 e. The van der Waals surface area contributed by atoms with Crippen molar-refractivity contribution in [3.8, 4) is 0 Å². The first kappa shape index (κ1) is 19.1. The zero-order valence-corrected chi connectivity index (χ0v) is 14.4. The van der Waals surface area contributed by atoms with E-state index in [1.165, 1.54) is 30.3 Å². The lowest BCUT2D eigenvalue weighted by Crippen LogP contribution is -1.96. The van der Waals surface area contributed by atoms with Gasteiger partial charge in [0, 0.05) is 10.0 Å². The molecule has 2 aromatic carbocycles. The van der Waals surface area contributed by atoms with E-state index in [0.717, 1.165) is 0 Å². The average molecular weight is 400 g/mol. The molecule has 0 bridgehead atoms. The second kappa shape index (κ2) is 8.61. The number of aromatic carboxylic acids is 1. The zero-order chi connectivity index (χ0) is 16.9. The molecule has 116 valence electrons. The molecule has 0 saturated heterocycles. The highest BCUT2D eigenvalue weighted by molar-refractivity contribution is 6.68.